The summed E-state index contributed by atoms with van der Waals surface area (Å²) in [6.07, 6.45) is 1.29. The molecule has 4 aromatic rings. The molecule has 0 aliphatic carbocycles. The van der Waals surface area contributed by atoms with Crippen LogP contribution < -0.4 is 15.3 Å². The third-order valence-electron chi connectivity index (χ3n) is 7.32. The van der Waals surface area contributed by atoms with Crippen molar-refractivity contribution >= 4 is 34.4 Å². The predicted octanol–water partition coefficient (Wildman–Crippen LogP) is 6.05. The minimum Gasteiger partial charge on any atom is -0.435 e. The van der Waals surface area contributed by atoms with E-state index < -0.39 is 12.3 Å². The highest BCUT2D eigenvalue weighted by molar-refractivity contribution is 6.33. The number of anilines is 1. The molecule has 1 atom stereocenters. The number of aromatic nitrogens is 3. The van der Waals surface area contributed by atoms with Crippen LogP contribution in [-0.2, 0) is 4.79 Å². The third kappa shape index (κ3) is 5.59. The number of ether oxygens (including phenoxy) is 1. The summed E-state index contributed by atoms with van der Waals surface area (Å²) in [6, 6.07) is 15.2. The van der Waals surface area contributed by atoms with Gasteiger partial charge in [-0.15, -0.1) is 0 Å². The summed E-state index contributed by atoms with van der Waals surface area (Å²) in [4.78, 5) is 39.2. The number of halogens is 3. The number of amides is 1. The van der Waals surface area contributed by atoms with Crippen molar-refractivity contribution in [2.24, 2.45) is 0 Å². The van der Waals surface area contributed by atoms with Crippen LogP contribution in [0, 0.1) is 0 Å². The molecule has 0 saturated carbocycles. The molecule has 0 bridgehead atoms. The van der Waals surface area contributed by atoms with Crippen molar-refractivity contribution < 1.29 is 18.3 Å². The lowest BCUT2D eigenvalue weighted by Gasteiger charge is -2.40. The molecule has 1 amide bonds. The van der Waals surface area contributed by atoms with Gasteiger partial charge < -0.3 is 14.5 Å². The second-order valence-electron chi connectivity index (χ2n) is 10.4. The van der Waals surface area contributed by atoms with E-state index >= 15 is 0 Å². The number of para-hydroxylation sites is 1. The molecule has 1 saturated heterocycles. The smallest absolute Gasteiger partial charge is 0.387 e. The zero-order valence-corrected chi connectivity index (χ0v) is 24.2. The van der Waals surface area contributed by atoms with E-state index in [2.05, 4.69) is 16.3 Å². The molecule has 42 heavy (non-hydrogen) atoms. The fraction of sp³-hybridized carbons (Fsp3) is 0.290. The summed E-state index contributed by atoms with van der Waals surface area (Å²) in [6.45, 7) is 7.88. The van der Waals surface area contributed by atoms with Gasteiger partial charge in [-0.1, -0.05) is 62.4 Å². The van der Waals surface area contributed by atoms with Gasteiger partial charge in [0.1, 0.15) is 11.6 Å². The Balaban J connectivity index is 1.75. The standard InChI is InChI=1S/C31H30ClF2N5O3/c1-5-26(40)37-13-14-38(19(4)17-37)28-23-16-24(32)27(20-9-8-10-21(15-20)42-30(33)34)35-29(23)39(31(41)36-28)25-12-7-6-11-22(25)18(2)3/h5-12,15-16,18-19,30H,1,13-14,17H2,2-4H3/t19-/m0/s1. The molecule has 1 aliphatic heterocycles. The Kier molecular flexibility index (Phi) is 8.27. The first-order chi connectivity index (χ1) is 20.1. The van der Waals surface area contributed by atoms with Crippen molar-refractivity contribution in [2.45, 2.75) is 39.3 Å². The minimum absolute atomic E-state index is 0.0424. The molecule has 0 unspecified atom stereocenters. The molecule has 1 aliphatic rings. The van der Waals surface area contributed by atoms with Crippen LogP contribution in [0.25, 0.3) is 28.0 Å². The van der Waals surface area contributed by atoms with Gasteiger partial charge in [-0.25, -0.2) is 14.3 Å². The number of hydrogen-bond donors (Lipinski definition) is 0. The Labute approximate surface area is 246 Å². The van der Waals surface area contributed by atoms with Crippen LogP contribution in [-0.4, -0.2) is 57.6 Å². The van der Waals surface area contributed by atoms with Gasteiger partial charge in [-0.2, -0.15) is 13.8 Å². The second-order valence-corrected chi connectivity index (χ2v) is 10.8. The normalized spacial score (nSPS) is 15.5. The summed E-state index contributed by atoms with van der Waals surface area (Å²) >= 11 is 6.80. The van der Waals surface area contributed by atoms with Gasteiger partial charge in [0.15, 0.2) is 5.65 Å². The maximum absolute atomic E-state index is 13.9. The van der Waals surface area contributed by atoms with Gasteiger partial charge >= 0.3 is 12.3 Å². The number of piperazine rings is 1. The molecule has 0 N–H and O–H groups in total. The highest BCUT2D eigenvalue weighted by Crippen LogP contribution is 2.36. The van der Waals surface area contributed by atoms with E-state index in [1.54, 1.807) is 23.1 Å². The molecular formula is C31H30ClF2N5O3. The monoisotopic (exact) mass is 593 g/mol. The fourth-order valence-electron chi connectivity index (χ4n) is 5.34. The van der Waals surface area contributed by atoms with Crippen LogP contribution in [0.3, 0.4) is 0 Å². The van der Waals surface area contributed by atoms with Crippen molar-refractivity contribution in [1.82, 2.24) is 19.4 Å². The summed E-state index contributed by atoms with van der Waals surface area (Å²) in [5, 5.41) is 0.785. The lowest BCUT2D eigenvalue weighted by atomic mass is 10.0. The lowest BCUT2D eigenvalue weighted by molar-refractivity contribution is -0.126. The molecule has 3 heterocycles. The highest BCUT2D eigenvalue weighted by Gasteiger charge is 2.30. The third-order valence-corrected chi connectivity index (χ3v) is 7.61. The topological polar surface area (TPSA) is 80.6 Å². The number of pyridine rings is 1. The van der Waals surface area contributed by atoms with Crippen molar-refractivity contribution in [3.8, 4) is 22.7 Å². The SMILES string of the molecule is C=CC(=O)N1CCN(c2nc(=O)n(-c3ccccc3C(C)C)c3nc(-c4cccc(OC(F)F)c4)c(Cl)cc23)[C@@H](C)C1. The second kappa shape index (κ2) is 11.9. The molecular weight excluding hydrogens is 564 g/mol. The summed E-state index contributed by atoms with van der Waals surface area (Å²) in [5.74, 6) is 0.294. The first-order valence-corrected chi connectivity index (χ1v) is 13.9. The predicted molar refractivity (Wildman–Crippen MR) is 160 cm³/mol. The van der Waals surface area contributed by atoms with Crippen LogP contribution in [0.5, 0.6) is 5.75 Å². The van der Waals surface area contributed by atoms with E-state index in [0.29, 0.717) is 53.4 Å². The molecule has 8 nitrogen and oxygen atoms in total. The number of alkyl halides is 2. The van der Waals surface area contributed by atoms with Crippen LogP contribution in [0.15, 0.2) is 72.0 Å². The highest BCUT2D eigenvalue weighted by atomic mass is 35.5. The number of benzene rings is 2. The van der Waals surface area contributed by atoms with E-state index in [9.17, 15) is 18.4 Å². The molecule has 2 aromatic carbocycles. The van der Waals surface area contributed by atoms with Crippen molar-refractivity contribution in [3.63, 3.8) is 0 Å². The molecule has 0 radical (unpaired) electrons. The van der Waals surface area contributed by atoms with E-state index in [1.807, 2.05) is 49.9 Å². The van der Waals surface area contributed by atoms with Gasteiger partial charge in [0, 0.05) is 31.2 Å². The van der Waals surface area contributed by atoms with Crippen LogP contribution in [0.4, 0.5) is 14.6 Å². The van der Waals surface area contributed by atoms with Gasteiger partial charge in [-0.3, -0.25) is 4.79 Å². The largest absolute Gasteiger partial charge is 0.435 e. The van der Waals surface area contributed by atoms with Gasteiger partial charge in [-0.05, 0) is 48.7 Å². The fourth-order valence-corrected chi connectivity index (χ4v) is 5.61. The maximum atomic E-state index is 13.9. The summed E-state index contributed by atoms with van der Waals surface area (Å²) < 4.78 is 31.9. The molecule has 1 fully saturated rings. The Bertz CT molecular complexity index is 1730. The number of fused-ring (bicyclic) bond motifs is 1. The summed E-state index contributed by atoms with van der Waals surface area (Å²) in [7, 11) is 0. The van der Waals surface area contributed by atoms with Crippen molar-refractivity contribution in [1.29, 1.82) is 0 Å². The summed E-state index contributed by atoms with van der Waals surface area (Å²) in [5.41, 5.74) is 2.08. The van der Waals surface area contributed by atoms with Crippen LogP contribution >= 0.6 is 11.6 Å². The first kappa shape index (κ1) is 29.2. The number of rotatable bonds is 7. The molecule has 5 rings (SSSR count). The zero-order valence-electron chi connectivity index (χ0n) is 23.4. The molecule has 2 aromatic heterocycles. The Morgan fingerprint density at radius 2 is 1.88 bits per heavy atom. The van der Waals surface area contributed by atoms with Gasteiger partial charge in [0.2, 0.25) is 5.91 Å². The average Bonchev–Trinajstić information content (AvgIpc) is 2.96. The van der Waals surface area contributed by atoms with Crippen molar-refractivity contribution in [3.05, 3.63) is 88.3 Å². The number of carbonyl (C=O) groups is 1. The van der Waals surface area contributed by atoms with E-state index in [0.717, 1.165) is 5.56 Å². The zero-order chi connectivity index (χ0) is 30.1. The molecule has 218 valence electrons. The van der Waals surface area contributed by atoms with Crippen molar-refractivity contribution in [2.75, 3.05) is 24.5 Å². The maximum Gasteiger partial charge on any atom is 0.387 e. The van der Waals surface area contributed by atoms with Gasteiger partial charge in [0.05, 0.1) is 21.8 Å². The minimum atomic E-state index is -2.99. The Morgan fingerprint density at radius 1 is 1.12 bits per heavy atom. The number of hydrogen-bond acceptors (Lipinski definition) is 6. The van der Waals surface area contributed by atoms with Crippen LogP contribution in [0.2, 0.25) is 5.02 Å². The lowest BCUT2D eigenvalue weighted by Crippen LogP contribution is -2.54. The van der Waals surface area contributed by atoms with Gasteiger partial charge in [0.25, 0.3) is 0 Å². The van der Waals surface area contributed by atoms with Crippen LogP contribution in [0.1, 0.15) is 32.3 Å². The van der Waals surface area contributed by atoms with E-state index in [1.165, 1.54) is 22.8 Å². The Morgan fingerprint density at radius 3 is 2.57 bits per heavy atom. The molecule has 0 spiro atoms. The quantitative estimate of drug-likeness (QED) is 0.243. The molecule has 11 heteroatoms. The Hall–Kier alpha value is -4.31. The van der Waals surface area contributed by atoms with E-state index in [4.69, 9.17) is 16.6 Å². The number of nitrogens with zero attached hydrogens (tertiary/aromatic N) is 5. The first-order valence-electron chi connectivity index (χ1n) is 13.5. The number of carbonyl (C=O) groups excluding carboxylic acids is 1. The van der Waals surface area contributed by atoms with E-state index in [-0.39, 0.29) is 28.6 Å². The average molecular weight is 594 g/mol.